The van der Waals surface area contributed by atoms with E-state index >= 15 is 0 Å². The van der Waals surface area contributed by atoms with Crippen LogP contribution < -0.4 is 9.47 Å². The van der Waals surface area contributed by atoms with Crippen LogP contribution in [0, 0.1) is 10.1 Å². The quantitative estimate of drug-likeness (QED) is 0.177. The van der Waals surface area contributed by atoms with Crippen LogP contribution in [-0.2, 0) is 12.8 Å². The summed E-state index contributed by atoms with van der Waals surface area (Å²) in [6, 6.07) is 15.1. The Morgan fingerprint density at radius 1 is 1.06 bits per heavy atom. The number of allylic oxidation sites excluding steroid dienone is 1. The Morgan fingerprint density at radius 2 is 1.82 bits per heavy atom. The van der Waals surface area contributed by atoms with Crippen LogP contribution in [0.15, 0.2) is 72.8 Å². The molecule has 0 unspecified atom stereocenters. The van der Waals surface area contributed by atoms with E-state index < -0.39 is 22.4 Å². The molecule has 0 aliphatic carbocycles. The highest BCUT2D eigenvalue weighted by atomic mass is 19.4. The molecule has 0 fully saturated rings. The lowest BCUT2D eigenvalue weighted by Crippen LogP contribution is -2.05. The number of hydrogen-bond donors (Lipinski definition) is 0. The van der Waals surface area contributed by atoms with Gasteiger partial charge < -0.3 is 9.47 Å². The molecule has 170 valence electrons. The molecular formula is C24H18F3NO5. The molecule has 0 amide bonds. The van der Waals surface area contributed by atoms with Crippen LogP contribution in [0.1, 0.15) is 27.0 Å². The number of rotatable bonds is 8. The van der Waals surface area contributed by atoms with Crippen molar-refractivity contribution in [3.63, 3.8) is 0 Å². The van der Waals surface area contributed by atoms with Gasteiger partial charge in [-0.2, -0.15) is 13.2 Å². The first-order chi connectivity index (χ1) is 15.7. The molecule has 3 rings (SSSR count). The van der Waals surface area contributed by atoms with Gasteiger partial charge in [-0.1, -0.05) is 30.3 Å². The van der Waals surface area contributed by atoms with E-state index in [1.807, 2.05) is 0 Å². The van der Waals surface area contributed by atoms with Crippen LogP contribution >= 0.6 is 0 Å². The summed E-state index contributed by atoms with van der Waals surface area (Å²) in [5.74, 6) is -0.0524. The van der Waals surface area contributed by atoms with Gasteiger partial charge in [-0.3, -0.25) is 14.9 Å². The van der Waals surface area contributed by atoms with Crippen LogP contribution in [0.2, 0.25) is 0 Å². The van der Waals surface area contributed by atoms with Gasteiger partial charge in [0.25, 0.3) is 5.69 Å². The molecule has 0 aliphatic heterocycles. The summed E-state index contributed by atoms with van der Waals surface area (Å²) in [5, 5.41) is 11.1. The van der Waals surface area contributed by atoms with Crippen molar-refractivity contribution in [3.05, 3.63) is 105 Å². The van der Waals surface area contributed by atoms with Crippen LogP contribution in [0.3, 0.4) is 0 Å². The van der Waals surface area contributed by atoms with Gasteiger partial charge in [-0.15, -0.1) is 0 Å². The predicted molar refractivity (Wildman–Crippen MR) is 115 cm³/mol. The van der Waals surface area contributed by atoms with E-state index in [1.165, 1.54) is 55.7 Å². The fourth-order valence-corrected chi connectivity index (χ4v) is 3.04. The lowest BCUT2D eigenvalue weighted by Gasteiger charge is -2.13. The number of ketones is 1. The Bertz CT molecular complexity index is 1200. The third-order valence-electron chi connectivity index (χ3n) is 4.65. The zero-order valence-corrected chi connectivity index (χ0v) is 17.3. The number of alkyl halides is 3. The fourth-order valence-electron chi connectivity index (χ4n) is 3.04. The molecule has 0 heterocycles. The number of methoxy groups -OCH3 is 1. The van der Waals surface area contributed by atoms with Crippen molar-refractivity contribution in [3.8, 4) is 11.5 Å². The SMILES string of the molecule is COc1ccc(/C=C/C(=O)c2ccccc2[N+](=O)[O-])cc1COc1cccc(C(F)(F)F)c1. The molecule has 0 saturated heterocycles. The standard InChI is InChI=1S/C24H18F3NO5/c1-32-23-12-10-16(9-11-22(29)20-7-2-3-8-21(20)28(30)31)13-17(23)15-33-19-6-4-5-18(14-19)24(25,26)27/h2-14H,15H2,1H3/b11-9+. The second-order valence-corrected chi connectivity index (χ2v) is 6.86. The molecule has 9 heteroatoms. The lowest BCUT2D eigenvalue weighted by molar-refractivity contribution is -0.385. The summed E-state index contributed by atoms with van der Waals surface area (Å²) in [4.78, 5) is 22.9. The zero-order valence-electron chi connectivity index (χ0n) is 17.3. The number of benzene rings is 3. The molecule has 3 aromatic rings. The predicted octanol–water partition coefficient (Wildman–Crippen LogP) is 6.10. The maximum absolute atomic E-state index is 12.9. The molecule has 0 N–H and O–H groups in total. The molecular weight excluding hydrogens is 439 g/mol. The number of carbonyl (C=O) groups excluding carboxylic acids is 1. The van der Waals surface area contributed by atoms with Crippen molar-refractivity contribution >= 4 is 17.5 Å². The maximum Gasteiger partial charge on any atom is 0.416 e. The third kappa shape index (κ3) is 5.97. The Labute approximate surface area is 187 Å². The van der Waals surface area contributed by atoms with Gasteiger partial charge in [-0.05, 0) is 48.0 Å². The van der Waals surface area contributed by atoms with Crippen LogP contribution in [0.5, 0.6) is 11.5 Å². The normalized spacial score (nSPS) is 11.4. The fraction of sp³-hybridized carbons (Fsp3) is 0.125. The van der Waals surface area contributed by atoms with Crippen molar-refractivity contribution in [2.75, 3.05) is 7.11 Å². The lowest BCUT2D eigenvalue weighted by atomic mass is 10.1. The second-order valence-electron chi connectivity index (χ2n) is 6.86. The number of carbonyl (C=O) groups is 1. The van der Waals surface area contributed by atoms with Crippen molar-refractivity contribution in [2.24, 2.45) is 0 Å². The van der Waals surface area contributed by atoms with E-state index in [4.69, 9.17) is 9.47 Å². The van der Waals surface area contributed by atoms with Gasteiger partial charge in [0.05, 0.1) is 23.2 Å². The summed E-state index contributed by atoms with van der Waals surface area (Å²) >= 11 is 0. The highest BCUT2D eigenvalue weighted by Gasteiger charge is 2.30. The molecule has 0 radical (unpaired) electrons. The maximum atomic E-state index is 12.9. The van der Waals surface area contributed by atoms with Gasteiger partial charge in [0.15, 0.2) is 5.78 Å². The minimum Gasteiger partial charge on any atom is -0.496 e. The number of para-hydroxylation sites is 1. The van der Waals surface area contributed by atoms with Crippen LogP contribution in [0.25, 0.3) is 6.08 Å². The molecule has 0 aromatic heterocycles. The Morgan fingerprint density at radius 3 is 2.52 bits per heavy atom. The first-order valence-corrected chi connectivity index (χ1v) is 9.62. The molecule has 6 nitrogen and oxygen atoms in total. The number of halogens is 3. The molecule has 0 spiro atoms. The number of nitro groups is 1. The summed E-state index contributed by atoms with van der Waals surface area (Å²) < 4.78 is 49.5. The summed E-state index contributed by atoms with van der Waals surface area (Å²) in [6.07, 6.45) is -1.80. The van der Waals surface area contributed by atoms with Gasteiger partial charge in [0.1, 0.15) is 18.1 Å². The average Bonchev–Trinajstić information content (AvgIpc) is 2.80. The molecule has 0 bridgehead atoms. The smallest absolute Gasteiger partial charge is 0.416 e. The summed E-state index contributed by atoms with van der Waals surface area (Å²) in [6.45, 7) is -0.0791. The summed E-state index contributed by atoms with van der Waals surface area (Å²) in [5.41, 5.74) is -0.0461. The molecule has 33 heavy (non-hydrogen) atoms. The minimum atomic E-state index is -4.48. The third-order valence-corrected chi connectivity index (χ3v) is 4.65. The van der Waals surface area contributed by atoms with Gasteiger partial charge >= 0.3 is 6.18 Å². The van der Waals surface area contributed by atoms with Crippen molar-refractivity contribution in [1.29, 1.82) is 0 Å². The number of ether oxygens (including phenoxy) is 2. The largest absolute Gasteiger partial charge is 0.496 e. The number of nitro benzene ring substituents is 1. The molecule has 3 aromatic carbocycles. The number of nitrogens with zero attached hydrogens (tertiary/aromatic N) is 1. The van der Waals surface area contributed by atoms with Crippen LogP contribution in [-0.4, -0.2) is 17.8 Å². The minimum absolute atomic E-state index is 0.0411. The highest BCUT2D eigenvalue weighted by Crippen LogP contribution is 2.32. The first-order valence-electron chi connectivity index (χ1n) is 9.62. The van der Waals surface area contributed by atoms with E-state index in [1.54, 1.807) is 18.2 Å². The summed E-state index contributed by atoms with van der Waals surface area (Å²) in [7, 11) is 1.44. The van der Waals surface area contributed by atoms with Crippen molar-refractivity contribution in [1.82, 2.24) is 0 Å². The van der Waals surface area contributed by atoms with E-state index in [2.05, 4.69) is 0 Å². The monoisotopic (exact) mass is 457 g/mol. The van der Waals surface area contributed by atoms with E-state index in [9.17, 15) is 28.1 Å². The van der Waals surface area contributed by atoms with E-state index in [0.717, 1.165) is 12.1 Å². The van der Waals surface area contributed by atoms with Crippen molar-refractivity contribution < 1.29 is 32.4 Å². The van der Waals surface area contributed by atoms with Crippen LogP contribution in [0.4, 0.5) is 18.9 Å². The van der Waals surface area contributed by atoms with Crippen molar-refractivity contribution in [2.45, 2.75) is 12.8 Å². The highest BCUT2D eigenvalue weighted by molar-refractivity contribution is 6.09. The average molecular weight is 457 g/mol. The topological polar surface area (TPSA) is 78.7 Å². The Hall–Kier alpha value is -4.14. The first kappa shape index (κ1) is 23.5. The molecule has 0 saturated carbocycles. The van der Waals surface area contributed by atoms with Gasteiger partial charge in [0, 0.05) is 11.6 Å². The molecule has 0 aliphatic rings. The van der Waals surface area contributed by atoms with E-state index in [0.29, 0.717) is 16.9 Å². The Balaban J connectivity index is 1.79. The Kier molecular flexibility index (Phi) is 7.12. The van der Waals surface area contributed by atoms with E-state index in [-0.39, 0.29) is 23.6 Å². The number of hydrogen-bond acceptors (Lipinski definition) is 5. The second kappa shape index (κ2) is 9.99. The zero-order chi connectivity index (χ0) is 24.0. The van der Waals surface area contributed by atoms with Gasteiger partial charge in [0.2, 0.25) is 0 Å². The molecule has 0 atom stereocenters. The van der Waals surface area contributed by atoms with Gasteiger partial charge in [-0.25, -0.2) is 0 Å².